The van der Waals surface area contributed by atoms with Crippen LogP contribution in [0.1, 0.15) is 64.7 Å². The first-order valence-corrected chi connectivity index (χ1v) is 6.91. The number of hydrogen-bond acceptors (Lipinski definition) is 2. The highest BCUT2D eigenvalue weighted by Crippen LogP contribution is 2.10. The molecular formula is C11H25O2P. The summed E-state index contributed by atoms with van der Waals surface area (Å²) in [5, 5.41) is 0. The van der Waals surface area contributed by atoms with Crippen molar-refractivity contribution >= 4 is 8.69 Å². The van der Waals surface area contributed by atoms with Crippen molar-refractivity contribution in [3.63, 3.8) is 0 Å². The molecule has 0 rings (SSSR count). The van der Waals surface area contributed by atoms with E-state index in [0.717, 1.165) is 6.42 Å². The summed E-state index contributed by atoms with van der Waals surface area (Å²) < 4.78 is 14.8. The average molecular weight is 220 g/mol. The molecule has 0 fully saturated rings. The molecule has 0 saturated carbocycles. The highest BCUT2D eigenvalue weighted by molar-refractivity contribution is 7.17. The first-order valence-electron chi connectivity index (χ1n) is 5.97. The highest BCUT2D eigenvalue weighted by Gasteiger charge is 1.91. The van der Waals surface area contributed by atoms with Crippen molar-refractivity contribution in [2.24, 2.45) is 0 Å². The zero-order valence-corrected chi connectivity index (χ0v) is 10.6. The minimum Gasteiger partial charge on any atom is -0.332 e. The smallest absolute Gasteiger partial charge is 0.179 e. The van der Waals surface area contributed by atoms with Crippen molar-refractivity contribution in [3.8, 4) is 0 Å². The molecule has 1 atom stereocenters. The van der Waals surface area contributed by atoms with Gasteiger partial charge in [-0.25, -0.2) is 0 Å². The molecule has 0 N–H and O–H groups in total. The van der Waals surface area contributed by atoms with Gasteiger partial charge < -0.3 is 4.52 Å². The molecule has 0 bridgehead atoms. The van der Waals surface area contributed by atoms with Crippen LogP contribution in [-0.4, -0.2) is 6.61 Å². The van der Waals surface area contributed by atoms with E-state index in [0.29, 0.717) is 6.61 Å². The minimum absolute atomic E-state index is 0.689. The van der Waals surface area contributed by atoms with Crippen LogP contribution in [0.4, 0.5) is 0 Å². The number of rotatable bonds is 11. The second kappa shape index (κ2) is 13.2. The first-order chi connectivity index (χ1) is 6.91. The van der Waals surface area contributed by atoms with Crippen molar-refractivity contribution in [1.82, 2.24) is 0 Å². The molecule has 0 aromatic heterocycles. The zero-order chi connectivity index (χ0) is 10.5. The Hall–Kier alpha value is 0.190. The molecule has 0 aliphatic heterocycles. The lowest BCUT2D eigenvalue weighted by Gasteiger charge is -2.00. The van der Waals surface area contributed by atoms with E-state index in [9.17, 15) is 4.57 Å². The molecule has 0 heterocycles. The highest BCUT2D eigenvalue weighted by atomic mass is 31.1. The molecule has 0 saturated heterocycles. The Morgan fingerprint density at radius 1 is 0.857 bits per heavy atom. The van der Waals surface area contributed by atoms with E-state index in [2.05, 4.69) is 6.92 Å². The van der Waals surface area contributed by atoms with E-state index in [-0.39, 0.29) is 0 Å². The Morgan fingerprint density at radius 2 is 1.36 bits per heavy atom. The first kappa shape index (κ1) is 14.2. The standard InChI is InChI=1S/C11H25O2P/c1-2-3-4-5-6-7-8-9-10-11-13-14-12/h2-11,14H2,1H3. The Labute approximate surface area is 89.7 Å². The van der Waals surface area contributed by atoms with Crippen LogP contribution in [-0.2, 0) is 9.09 Å². The van der Waals surface area contributed by atoms with Gasteiger partial charge in [0.15, 0.2) is 8.69 Å². The van der Waals surface area contributed by atoms with Gasteiger partial charge in [0.05, 0.1) is 6.61 Å². The lowest BCUT2D eigenvalue weighted by Crippen LogP contribution is -1.85. The zero-order valence-electron chi connectivity index (χ0n) is 9.46. The van der Waals surface area contributed by atoms with Crippen LogP contribution in [0.5, 0.6) is 0 Å². The molecule has 0 aliphatic carbocycles. The molecule has 14 heavy (non-hydrogen) atoms. The lowest BCUT2D eigenvalue weighted by molar-refractivity contribution is 0.328. The van der Waals surface area contributed by atoms with Crippen molar-refractivity contribution in [2.45, 2.75) is 64.7 Å². The van der Waals surface area contributed by atoms with E-state index < -0.39 is 8.69 Å². The Kier molecular flexibility index (Phi) is 13.4. The molecule has 1 unspecified atom stereocenters. The van der Waals surface area contributed by atoms with Crippen LogP contribution in [0.3, 0.4) is 0 Å². The molecule has 0 radical (unpaired) electrons. The van der Waals surface area contributed by atoms with Gasteiger partial charge in [-0.05, 0) is 6.42 Å². The van der Waals surface area contributed by atoms with Crippen LogP contribution < -0.4 is 0 Å². The quantitative estimate of drug-likeness (QED) is 0.385. The number of unbranched alkanes of at least 4 members (excludes halogenated alkanes) is 8. The summed E-state index contributed by atoms with van der Waals surface area (Å²) in [5.41, 5.74) is 0. The third-order valence-electron chi connectivity index (χ3n) is 2.43. The average Bonchev–Trinajstić information content (AvgIpc) is 2.21. The van der Waals surface area contributed by atoms with Crippen LogP contribution in [0.15, 0.2) is 0 Å². The molecule has 2 nitrogen and oxygen atoms in total. The lowest BCUT2D eigenvalue weighted by atomic mass is 10.1. The van der Waals surface area contributed by atoms with Gasteiger partial charge in [0.25, 0.3) is 0 Å². The minimum atomic E-state index is -0.985. The van der Waals surface area contributed by atoms with Crippen LogP contribution in [0.25, 0.3) is 0 Å². The molecule has 0 spiro atoms. The molecular weight excluding hydrogens is 195 g/mol. The normalized spacial score (nSPS) is 11.5. The fourth-order valence-corrected chi connectivity index (χ4v) is 1.81. The van der Waals surface area contributed by atoms with Crippen molar-refractivity contribution in [2.75, 3.05) is 6.61 Å². The van der Waals surface area contributed by atoms with Crippen molar-refractivity contribution < 1.29 is 9.09 Å². The largest absolute Gasteiger partial charge is 0.332 e. The second-order valence-electron chi connectivity index (χ2n) is 3.80. The summed E-state index contributed by atoms with van der Waals surface area (Å²) in [6.45, 7) is 2.94. The summed E-state index contributed by atoms with van der Waals surface area (Å²) in [4.78, 5) is 0. The van der Waals surface area contributed by atoms with E-state index in [1.807, 2.05) is 0 Å². The van der Waals surface area contributed by atoms with Gasteiger partial charge in [-0.15, -0.1) is 0 Å². The molecule has 0 amide bonds. The topological polar surface area (TPSA) is 26.3 Å². The fraction of sp³-hybridized carbons (Fsp3) is 1.00. The second-order valence-corrected chi connectivity index (χ2v) is 4.32. The fourth-order valence-electron chi connectivity index (χ4n) is 1.54. The molecule has 0 aliphatic rings. The Morgan fingerprint density at radius 3 is 1.86 bits per heavy atom. The maximum Gasteiger partial charge on any atom is 0.179 e. The molecule has 86 valence electrons. The van der Waals surface area contributed by atoms with E-state index in [1.54, 1.807) is 0 Å². The predicted octanol–water partition coefficient (Wildman–Crippen LogP) is 4.21. The summed E-state index contributed by atoms with van der Waals surface area (Å²) in [5.74, 6) is 0. The molecule has 0 aromatic carbocycles. The van der Waals surface area contributed by atoms with Gasteiger partial charge in [-0.1, -0.05) is 58.3 Å². The summed E-state index contributed by atoms with van der Waals surface area (Å²) in [6, 6.07) is 0. The Balaban J connectivity index is 2.81. The third kappa shape index (κ3) is 12.2. The monoisotopic (exact) mass is 220 g/mol. The van der Waals surface area contributed by atoms with Crippen molar-refractivity contribution in [1.29, 1.82) is 0 Å². The van der Waals surface area contributed by atoms with E-state index in [4.69, 9.17) is 4.52 Å². The van der Waals surface area contributed by atoms with Gasteiger partial charge in [-0.2, -0.15) is 0 Å². The van der Waals surface area contributed by atoms with E-state index in [1.165, 1.54) is 51.4 Å². The van der Waals surface area contributed by atoms with Crippen LogP contribution >= 0.6 is 8.69 Å². The van der Waals surface area contributed by atoms with Gasteiger partial charge in [0.2, 0.25) is 0 Å². The molecule has 3 heteroatoms. The summed E-state index contributed by atoms with van der Waals surface area (Å²) in [7, 11) is -0.985. The summed E-state index contributed by atoms with van der Waals surface area (Å²) >= 11 is 0. The third-order valence-corrected chi connectivity index (χ3v) is 2.81. The summed E-state index contributed by atoms with van der Waals surface area (Å²) in [6.07, 6.45) is 11.9. The molecule has 0 aromatic rings. The van der Waals surface area contributed by atoms with Gasteiger partial charge >= 0.3 is 0 Å². The van der Waals surface area contributed by atoms with Gasteiger partial charge in [-0.3, -0.25) is 4.57 Å². The predicted molar refractivity (Wildman–Crippen MR) is 63.6 cm³/mol. The maximum atomic E-state index is 10.0. The van der Waals surface area contributed by atoms with Gasteiger partial charge in [0.1, 0.15) is 0 Å². The van der Waals surface area contributed by atoms with Crippen molar-refractivity contribution in [3.05, 3.63) is 0 Å². The van der Waals surface area contributed by atoms with Crippen LogP contribution in [0.2, 0.25) is 0 Å². The number of hydrogen-bond donors (Lipinski definition) is 0. The maximum absolute atomic E-state index is 10.0. The van der Waals surface area contributed by atoms with Gasteiger partial charge in [0, 0.05) is 0 Å². The van der Waals surface area contributed by atoms with Crippen LogP contribution in [0, 0.1) is 0 Å². The SMILES string of the molecule is CCCCCCCCCCCO[PH2]=O. The Bertz CT molecular complexity index is 118. The van der Waals surface area contributed by atoms with E-state index >= 15 is 0 Å².